The highest BCUT2D eigenvalue weighted by molar-refractivity contribution is 5.41. The Morgan fingerprint density at radius 2 is 1.06 bits per heavy atom. The van der Waals surface area contributed by atoms with Gasteiger partial charge < -0.3 is 0 Å². The van der Waals surface area contributed by atoms with Gasteiger partial charge in [0.15, 0.2) is 0 Å². The Bertz CT molecular complexity index is 392. The molecule has 1 aromatic rings. The van der Waals surface area contributed by atoms with E-state index in [1.54, 1.807) is 0 Å². The molecule has 94 valence electrons. The summed E-state index contributed by atoms with van der Waals surface area (Å²) in [5.74, 6) is 0. The smallest absolute Gasteiger partial charge is 0.0719 e. The van der Waals surface area contributed by atoms with Gasteiger partial charge in [0.25, 0.3) is 0 Å². The van der Waals surface area contributed by atoms with Crippen molar-refractivity contribution in [3.8, 4) is 0 Å². The highest BCUT2D eigenvalue weighted by atomic mass is 15.1. The standard InChI is InChI=1S/C15H24N2/c1-14(2,3)12-10-8-7-9-11(10)13(17-16-12)15(4,5)6/h7-9H2,1-6H3. The van der Waals surface area contributed by atoms with Crippen molar-refractivity contribution in [2.24, 2.45) is 0 Å². The SMILES string of the molecule is CC(C)(C)c1nnc(C(C)(C)C)c2c1CCC2. The van der Waals surface area contributed by atoms with Crippen molar-refractivity contribution in [1.29, 1.82) is 0 Å². The second-order valence-corrected chi connectivity index (χ2v) is 7.21. The summed E-state index contributed by atoms with van der Waals surface area (Å²) in [6.45, 7) is 13.4. The van der Waals surface area contributed by atoms with Gasteiger partial charge in [0.1, 0.15) is 0 Å². The lowest BCUT2D eigenvalue weighted by molar-refractivity contribution is 0.518. The molecule has 0 aromatic carbocycles. The predicted molar refractivity (Wildman–Crippen MR) is 71.5 cm³/mol. The second kappa shape index (κ2) is 3.79. The van der Waals surface area contributed by atoms with Gasteiger partial charge in [0.2, 0.25) is 0 Å². The van der Waals surface area contributed by atoms with Gasteiger partial charge in [-0.3, -0.25) is 0 Å². The van der Waals surface area contributed by atoms with E-state index in [0.717, 1.165) is 0 Å². The van der Waals surface area contributed by atoms with Crippen LogP contribution in [0.15, 0.2) is 0 Å². The van der Waals surface area contributed by atoms with Gasteiger partial charge >= 0.3 is 0 Å². The summed E-state index contributed by atoms with van der Waals surface area (Å²) >= 11 is 0. The Labute approximate surface area is 105 Å². The first-order chi connectivity index (χ1) is 7.71. The molecule has 0 saturated carbocycles. The number of hydrogen-bond acceptors (Lipinski definition) is 2. The molecule has 0 amide bonds. The number of fused-ring (bicyclic) bond motifs is 1. The van der Waals surface area contributed by atoms with Crippen LogP contribution in [0.2, 0.25) is 0 Å². The van der Waals surface area contributed by atoms with Crippen LogP contribution in [0.4, 0.5) is 0 Å². The van der Waals surface area contributed by atoms with E-state index < -0.39 is 0 Å². The molecule has 0 aliphatic heterocycles. The van der Waals surface area contributed by atoms with Crippen LogP contribution in [-0.2, 0) is 23.7 Å². The Kier molecular flexibility index (Phi) is 2.80. The quantitative estimate of drug-likeness (QED) is 0.683. The molecule has 1 aliphatic rings. The van der Waals surface area contributed by atoms with E-state index in [1.807, 2.05) is 0 Å². The summed E-state index contributed by atoms with van der Waals surface area (Å²) in [7, 11) is 0. The Hall–Kier alpha value is -0.920. The average molecular weight is 232 g/mol. The van der Waals surface area contributed by atoms with E-state index in [2.05, 4.69) is 51.7 Å². The van der Waals surface area contributed by atoms with Gasteiger partial charge in [0, 0.05) is 10.8 Å². The first-order valence-corrected chi connectivity index (χ1v) is 6.60. The molecule has 0 unspecified atom stereocenters. The first-order valence-electron chi connectivity index (χ1n) is 6.60. The summed E-state index contributed by atoms with van der Waals surface area (Å²) in [6.07, 6.45) is 3.62. The third kappa shape index (κ3) is 2.22. The molecule has 0 fully saturated rings. The number of hydrogen-bond donors (Lipinski definition) is 0. The molecule has 0 bridgehead atoms. The minimum atomic E-state index is 0.109. The molecular weight excluding hydrogens is 208 g/mol. The van der Waals surface area contributed by atoms with Crippen molar-refractivity contribution in [3.63, 3.8) is 0 Å². The maximum atomic E-state index is 4.54. The highest BCUT2D eigenvalue weighted by Gasteiger charge is 2.30. The zero-order chi connectivity index (χ0) is 12.8. The fourth-order valence-electron chi connectivity index (χ4n) is 2.69. The fraction of sp³-hybridized carbons (Fsp3) is 0.733. The first kappa shape index (κ1) is 12.5. The van der Waals surface area contributed by atoms with E-state index >= 15 is 0 Å². The van der Waals surface area contributed by atoms with E-state index in [4.69, 9.17) is 0 Å². The lowest BCUT2D eigenvalue weighted by Gasteiger charge is -2.25. The van der Waals surface area contributed by atoms with Crippen molar-refractivity contribution in [2.45, 2.75) is 71.6 Å². The van der Waals surface area contributed by atoms with E-state index in [0.29, 0.717) is 0 Å². The summed E-state index contributed by atoms with van der Waals surface area (Å²) in [5, 5.41) is 9.08. The van der Waals surface area contributed by atoms with Crippen molar-refractivity contribution in [1.82, 2.24) is 10.2 Å². The van der Waals surface area contributed by atoms with Crippen molar-refractivity contribution >= 4 is 0 Å². The van der Waals surface area contributed by atoms with Crippen LogP contribution in [0.1, 0.15) is 70.5 Å². The van der Waals surface area contributed by atoms with Crippen LogP contribution < -0.4 is 0 Å². The third-order valence-electron chi connectivity index (χ3n) is 3.46. The molecule has 17 heavy (non-hydrogen) atoms. The summed E-state index contributed by atoms with van der Waals surface area (Å²) in [4.78, 5) is 0. The number of aromatic nitrogens is 2. The molecule has 2 nitrogen and oxygen atoms in total. The van der Waals surface area contributed by atoms with Crippen LogP contribution in [0.5, 0.6) is 0 Å². The van der Waals surface area contributed by atoms with Gasteiger partial charge in [-0.25, -0.2) is 0 Å². The average Bonchev–Trinajstić information content (AvgIpc) is 2.60. The zero-order valence-electron chi connectivity index (χ0n) is 12.0. The molecular formula is C15H24N2. The topological polar surface area (TPSA) is 25.8 Å². The summed E-state index contributed by atoms with van der Waals surface area (Å²) < 4.78 is 0. The number of nitrogens with zero attached hydrogens (tertiary/aromatic N) is 2. The van der Waals surface area contributed by atoms with E-state index in [9.17, 15) is 0 Å². The monoisotopic (exact) mass is 232 g/mol. The lowest BCUT2D eigenvalue weighted by atomic mass is 9.83. The molecule has 2 heteroatoms. The Balaban J connectivity index is 2.62. The normalized spacial score (nSPS) is 16.1. The second-order valence-electron chi connectivity index (χ2n) is 7.21. The van der Waals surface area contributed by atoms with Crippen LogP contribution in [-0.4, -0.2) is 10.2 Å². The van der Waals surface area contributed by atoms with Crippen molar-refractivity contribution < 1.29 is 0 Å². The lowest BCUT2D eigenvalue weighted by Crippen LogP contribution is -2.23. The predicted octanol–water partition coefficient (Wildman–Crippen LogP) is 3.56. The number of rotatable bonds is 0. The molecule has 1 aromatic heterocycles. The fourth-order valence-corrected chi connectivity index (χ4v) is 2.69. The molecule has 2 rings (SSSR count). The molecule has 0 N–H and O–H groups in total. The Morgan fingerprint density at radius 3 is 1.35 bits per heavy atom. The van der Waals surface area contributed by atoms with Crippen LogP contribution in [0.3, 0.4) is 0 Å². The molecule has 0 radical (unpaired) electrons. The highest BCUT2D eigenvalue weighted by Crippen LogP contribution is 2.36. The zero-order valence-corrected chi connectivity index (χ0v) is 12.0. The van der Waals surface area contributed by atoms with Gasteiger partial charge in [-0.05, 0) is 30.4 Å². The van der Waals surface area contributed by atoms with Gasteiger partial charge in [-0.1, -0.05) is 41.5 Å². The van der Waals surface area contributed by atoms with Crippen LogP contribution in [0.25, 0.3) is 0 Å². The third-order valence-corrected chi connectivity index (χ3v) is 3.46. The largest absolute Gasteiger partial charge is 0.155 e. The van der Waals surface area contributed by atoms with Crippen LogP contribution in [0, 0.1) is 0 Å². The minimum Gasteiger partial charge on any atom is -0.155 e. The summed E-state index contributed by atoms with van der Waals surface area (Å²) in [5.41, 5.74) is 5.60. The van der Waals surface area contributed by atoms with Crippen molar-refractivity contribution in [2.75, 3.05) is 0 Å². The molecule has 1 aliphatic carbocycles. The van der Waals surface area contributed by atoms with Gasteiger partial charge in [0.05, 0.1) is 11.4 Å². The minimum absolute atomic E-state index is 0.109. The summed E-state index contributed by atoms with van der Waals surface area (Å²) in [6, 6.07) is 0. The molecule has 0 spiro atoms. The molecule has 0 atom stereocenters. The Morgan fingerprint density at radius 1 is 0.706 bits per heavy atom. The van der Waals surface area contributed by atoms with E-state index in [-0.39, 0.29) is 10.8 Å². The van der Waals surface area contributed by atoms with Gasteiger partial charge in [-0.2, -0.15) is 10.2 Å². The molecule has 1 heterocycles. The van der Waals surface area contributed by atoms with E-state index in [1.165, 1.54) is 41.8 Å². The maximum absolute atomic E-state index is 4.54. The maximum Gasteiger partial charge on any atom is 0.0719 e. The van der Waals surface area contributed by atoms with Crippen molar-refractivity contribution in [3.05, 3.63) is 22.5 Å². The van der Waals surface area contributed by atoms with Gasteiger partial charge in [-0.15, -0.1) is 0 Å². The molecule has 0 saturated heterocycles. The van der Waals surface area contributed by atoms with Crippen LogP contribution >= 0.6 is 0 Å².